The van der Waals surface area contributed by atoms with E-state index >= 15 is 0 Å². The predicted octanol–water partition coefficient (Wildman–Crippen LogP) is 3.87. The Morgan fingerprint density at radius 3 is 2.25 bits per heavy atom. The highest BCUT2D eigenvalue weighted by Crippen LogP contribution is 2.21. The van der Waals surface area contributed by atoms with Crippen LogP contribution >= 0.6 is 15.9 Å². The van der Waals surface area contributed by atoms with Gasteiger partial charge in [0, 0.05) is 4.47 Å². The number of hydrogen-bond acceptors (Lipinski definition) is 4. The van der Waals surface area contributed by atoms with E-state index in [1.165, 1.54) is 5.56 Å². The van der Waals surface area contributed by atoms with E-state index in [-0.39, 0.29) is 6.61 Å². The van der Waals surface area contributed by atoms with Crippen LogP contribution in [0.5, 0.6) is 11.5 Å². The molecule has 0 bridgehead atoms. The Labute approximate surface area is 173 Å². The molecule has 0 heterocycles. The minimum absolute atomic E-state index is 0.215. The van der Waals surface area contributed by atoms with Crippen LogP contribution < -0.4 is 20.3 Å². The van der Waals surface area contributed by atoms with Crippen LogP contribution in [0.4, 0.5) is 0 Å². The number of halogens is 1. The first-order valence-electron chi connectivity index (χ1n) is 9.00. The van der Waals surface area contributed by atoms with Gasteiger partial charge in [-0.25, -0.2) is 0 Å². The molecule has 0 saturated carbocycles. The topological polar surface area (TPSA) is 76.7 Å². The van der Waals surface area contributed by atoms with Crippen molar-refractivity contribution >= 4 is 27.7 Å². The highest BCUT2D eigenvalue weighted by Gasteiger charge is 2.15. The monoisotopic (exact) mass is 448 g/mol. The van der Waals surface area contributed by atoms with Crippen molar-refractivity contribution in [3.8, 4) is 11.5 Å². The maximum atomic E-state index is 12.1. The van der Waals surface area contributed by atoms with Gasteiger partial charge in [-0.15, -0.1) is 0 Å². The molecule has 0 aromatic heterocycles. The molecular formula is C21H25BrN2O4. The lowest BCUT2D eigenvalue weighted by Gasteiger charge is -2.16. The summed E-state index contributed by atoms with van der Waals surface area (Å²) in [7, 11) is 0. The van der Waals surface area contributed by atoms with Gasteiger partial charge in [0.25, 0.3) is 11.8 Å². The van der Waals surface area contributed by atoms with Gasteiger partial charge in [-0.3, -0.25) is 20.4 Å². The van der Waals surface area contributed by atoms with Crippen molar-refractivity contribution < 1.29 is 19.1 Å². The minimum Gasteiger partial charge on any atom is -0.484 e. The zero-order valence-electron chi connectivity index (χ0n) is 16.4. The molecule has 6 nitrogen and oxygen atoms in total. The number of carbonyl (C=O) groups excluding carboxylic acids is 2. The first-order valence-corrected chi connectivity index (χ1v) is 9.80. The number of carbonyl (C=O) groups is 2. The van der Waals surface area contributed by atoms with Gasteiger partial charge in [0.2, 0.25) is 0 Å². The average molecular weight is 449 g/mol. The largest absolute Gasteiger partial charge is 0.484 e. The number of ether oxygens (including phenoxy) is 2. The Kier molecular flexibility index (Phi) is 7.87. The van der Waals surface area contributed by atoms with Crippen LogP contribution in [0.3, 0.4) is 0 Å². The van der Waals surface area contributed by atoms with Crippen molar-refractivity contribution in [2.24, 2.45) is 0 Å². The van der Waals surface area contributed by atoms with Crippen LogP contribution in [-0.2, 0) is 9.59 Å². The smallest absolute Gasteiger partial charge is 0.279 e. The quantitative estimate of drug-likeness (QED) is 0.630. The Bertz CT molecular complexity index is 822. The molecule has 0 aliphatic carbocycles. The van der Waals surface area contributed by atoms with Gasteiger partial charge in [-0.2, -0.15) is 0 Å². The molecule has 0 aliphatic heterocycles. The van der Waals surface area contributed by atoms with Crippen molar-refractivity contribution in [1.29, 1.82) is 0 Å². The summed E-state index contributed by atoms with van der Waals surface area (Å²) in [6.45, 7) is 7.54. The van der Waals surface area contributed by atoms with E-state index in [0.717, 1.165) is 10.0 Å². The molecular weight excluding hydrogens is 424 g/mol. The molecule has 150 valence electrons. The summed E-state index contributed by atoms with van der Waals surface area (Å²) in [5.74, 6) is 0.660. The third-order valence-electron chi connectivity index (χ3n) is 4.05. The van der Waals surface area contributed by atoms with Crippen LogP contribution in [0.2, 0.25) is 0 Å². The number of aryl methyl sites for hydroxylation is 1. The first kappa shape index (κ1) is 21.8. The Hall–Kier alpha value is -2.54. The fraction of sp³-hybridized carbons (Fsp3) is 0.333. The fourth-order valence-corrected chi connectivity index (χ4v) is 2.56. The molecule has 28 heavy (non-hydrogen) atoms. The molecule has 2 amide bonds. The molecule has 2 aromatic rings. The number of nitrogens with one attached hydrogen (secondary N) is 2. The predicted molar refractivity (Wildman–Crippen MR) is 111 cm³/mol. The lowest BCUT2D eigenvalue weighted by atomic mass is 10.0. The summed E-state index contributed by atoms with van der Waals surface area (Å²) in [6.07, 6.45) is -0.764. The molecule has 7 heteroatoms. The summed E-state index contributed by atoms with van der Waals surface area (Å²) >= 11 is 3.40. The maximum absolute atomic E-state index is 12.1. The fourth-order valence-electron chi connectivity index (χ4n) is 2.31. The standard InChI is InChI=1S/C21H25BrN2O4/c1-13(2)16-5-7-17(8-6-16)28-15(4)21(26)24-23-20(25)12-27-18-9-10-19(22)14(3)11-18/h5-11,13,15H,12H2,1-4H3,(H,23,25)(H,24,26). The van der Waals surface area contributed by atoms with Crippen molar-refractivity contribution in [1.82, 2.24) is 10.9 Å². The summed E-state index contributed by atoms with van der Waals surface area (Å²) in [6, 6.07) is 13.0. The van der Waals surface area contributed by atoms with Crippen molar-refractivity contribution in [3.05, 3.63) is 58.1 Å². The Balaban J connectivity index is 1.75. The molecule has 0 radical (unpaired) electrons. The second-order valence-electron chi connectivity index (χ2n) is 6.72. The highest BCUT2D eigenvalue weighted by atomic mass is 79.9. The van der Waals surface area contributed by atoms with Crippen LogP contribution in [0, 0.1) is 6.92 Å². The number of rotatable bonds is 7. The van der Waals surface area contributed by atoms with Crippen LogP contribution in [-0.4, -0.2) is 24.5 Å². The van der Waals surface area contributed by atoms with Gasteiger partial charge < -0.3 is 9.47 Å². The number of benzene rings is 2. The van der Waals surface area contributed by atoms with Crippen molar-refractivity contribution in [2.45, 2.75) is 39.7 Å². The van der Waals surface area contributed by atoms with Gasteiger partial charge in [-0.05, 0) is 61.2 Å². The SMILES string of the molecule is Cc1cc(OCC(=O)NNC(=O)C(C)Oc2ccc(C(C)C)cc2)ccc1Br. The van der Waals surface area contributed by atoms with Crippen LogP contribution in [0.1, 0.15) is 37.8 Å². The Morgan fingerprint density at radius 2 is 1.64 bits per heavy atom. The molecule has 0 aliphatic rings. The van der Waals surface area contributed by atoms with Crippen LogP contribution in [0.15, 0.2) is 46.9 Å². The normalized spacial score (nSPS) is 11.6. The molecule has 1 unspecified atom stereocenters. The number of amides is 2. The Morgan fingerprint density at radius 1 is 1.00 bits per heavy atom. The van der Waals surface area contributed by atoms with E-state index in [2.05, 4.69) is 40.6 Å². The lowest BCUT2D eigenvalue weighted by Crippen LogP contribution is -2.48. The molecule has 0 saturated heterocycles. The number of hydrazine groups is 1. The minimum atomic E-state index is -0.764. The summed E-state index contributed by atoms with van der Waals surface area (Å²) in [5.41, 5.74) is 6.85. The van der Waals surface area contributed by atoms with E-state index in [1.807, 2.05) is 43.3 Å². The van der Waals surface area contributed by atoms with E-state index in [4.69, 9.17) is 9.47 Å². The second kappa shape index (κ2) is 10.1. The average Bonchev–Trinajstić information content (AvgIpc) is 2.67. The molecule has 0 spiro atoms. The van der Waals surface area contributed by atoms with E-state index < -0.39 is 17.9 Å². The summed E-state index contributed by atoms with van der Waals surface area (Å²) in [4.78, 5) is 23.9. The van der Waals surface area contributed by atoms with Gasteiger partial charge in [0.15, 0.2) is 12.7 Å². The summed E-state index contributed by atoms with van der Waals surface area (Å²) in [5, 5.41) is 0. The highest BCUT2D eigenvalue weighted by molar-refractivity contribution is 9.10. The molecule has 2 aromatic carbocycles. The van der Waals surface area contributed by atoms with Gasteiger partial charge in [-0.1, -0.05) is 41.9 Å². The molecule has 1 atom stereocenters. The summed E-state index contributed by atoms with van der Waals surface area (Å²) < 4.78 is 12.0. The van der Waals surface area contributed by atoms with Crippen LogP contribution in [0.25, 0.3) is 0 Å². The van der Waals surface area contributed by atoms with E-state index in [0.29, 0.717) is 17.4 Å². The zero-order chi connectivity index (χ0) is 20.7. The number of hydrogen-bond donors (Lipinski definition) is 2. The third kappa shape index (κ3) is 6.56. The van der Waals surface area contributed by atoms with Crippen molar-refractivity contribution in [3.63, 3.8) is 0 Å². The molecule has 2 rings (SSSR count). The zero-order valence-corrected chi connectivity index (χ0v) is 18.0. The van der Waals surface area contributed by atoms with Gasteiger partial charge in [0.1, 0.15) is 11.5 Å². The van der Waals surface area contributed by atoms with Gasteiger partial charge >= 0.3 is 0 Å². The van der Waals surface area contributed by atoms with Gasteiger partial charge in [0.05, 0.1) is 0 Å². The second-order valence-corrected chi connectivity index (χ2v) is 7.58. The molecule has 0 fully saturated rings. The maximum Gasteiger partial charge on any atom is 0.279 e. The first-order chi connectivity index (χ1) is 13.3. The molecule has 2 N–H and O–H groups in total. The van der Waals surface area contributed by atoms with E-state index in [9.17, 15) is 9.59 Å². The van der Waals surface area contributed by atoms with E-state index in [1.54, 1.807) is 13.0 Å². The lowest BCUT2D eigenvalue weighted by molar-refractivity contribution is -0.133. The van der Waals surface area contributed by atoms with Crippen molar-refractivity contribution in [2.75, 3.05) is 6.61 Å². The third-order valence-corrected chi connectivity index (χ3v) is 4.94.